The molecule has 0 radical (unpaired) electrons. The van der Waals surface area contributed by atoms with E-state index in [9.17, 15) is 0 Å². The first-order valence-electron chi connectivity index (χ1n) is 6.93. The van der Waals surface area contributed by atoms with E-state index in [-0.39, 0.29) is 6.61 Å². The average molecular weight is 269 g/mol. The van der Waals surface area contributed by atoms with Crippen molar-refractivity contribution in [3.8, 4) is 17.9 Å². The lowest BCUT2D eigenvalue weighted by Gasteiger charge is -2.34. The molecule has 1 N–H and O–H groups in total. The Bertz CT molecular complexity index is 528. The van der Waals surface area contributed by atoms with Gasteiger partial charge in [0.15, 0.2) is 0 Å². The number of aliphatic hydroxyl groups is 1. The van der Waals surface area contributed by atoms with E-state index in [1.807, 2.05) is 6.07 Å². The zero-order valence-electron chi connectivity index (χ0n) is 11.7. The summed E-state index contributed by atoms with van der Waals surface area (Å²) in [5.74, 6) is 7.20. The van der Waals surface area contributed by atoms with Crippen LogP contribution in [0, 0.1) is 29.1 Å². The van der Waals surface area contributed by atoms with E-state index in [1.165, 1.54) is 0 Å². The second-order valence-electron chi connectivity index (χ2n) is 5.11. The van der Waals surface area contributed by atoms with Gasteiger partial charge in [-0.15, -0.1) is 0 Å². The largest absolute Gasteiger partial charge is 0.384 e. The highest BCUT2D eigenvalue weighted by molar-refractivity contribution is 5.42. The molecule has 1 aromatic heterocycles. The van der Waals surface area contributed by atoms with E-state index < -0.39 is 0 Å². The van der Waals surface area contributed by atoms with Gasteiger partial charge in [0, 0.05) is 25.2 Å². The van der Waals surface area contributed by atoms with Gasteiger partial charge < -0.3 is 10.0 Å². The summed E-state index contributed by atoms with van der Waals surface area (Å²) >= 11 is 0. The average Bonchev–Trinajstić information content (AvgIpc) is 2.53. The maximum absolute atomic E-state index is 8.78. The van der Waals surface area contributed by atoms with Crippen LogP contribution in [0.15, 0.2) is 18.3 Å². The number of aliphatic hydroxyl groups excluding tert-OH is 1. The van der Waals surface area contributed by atoms with Crippen molar-refractivity contribution < 1.29 is 5.11 Å². The molecule has 0 bridgehead atoms. The van der Waals surface area contributed by atoms with Crippen LogP contribution in [0.5, 0.6) is 0 Å². The van der Waals surface area contributed by atoms with Gasteiger partial charge in [-0.05, 0) is 37.8 Å². The molecule has 0 spiro atoms. The number of pyridine rings is 1. The standard InChI is InChI=1S/C16H19N3O/c1-19(16-9-6-14(11-17)12-18-16)15-7-4-13(5-8-15)3-2-10-20/h6,9,12-13,15,20H,4-5,7-8,10H2,1H3. The fourth-order valence-corrected chi connectivity index (χ4v) is 2.65. The molecule has 0 aromatic carbocycles. The van der Waals surface area contributed by atoms with E-state index in [4.69, 9.17) is 10.4 Å². The molecule has 0 atom stereocenters. The first-order chi connectivity index (χ1) is 9.74. The molecule has 1 aliphatic rings. The number of hydrogen-bond acceptors (Lipinski definition) is 4. The molecule has 1 fully saturated rings. The van der Waals surface area contributed by atoms with Crippen molar-refractivity contribution in [1.29, 1.82) is 5.26 Å². The number of aromatic nitrogens is 1. The van der Waals surface area contributed by atoms with Crippen molar-refractivity contribution >= 4 is 5.82 Å². The fraction of sp³-hybridized carbons (Fsp3) is 0.500. The number of nitrogens with zero attached hydrogens (tertiary/aromatic N) is 3. The zero-order chi connectivity index (χ0) is 14.4. The lowest BCUT2D eigenvalue weighted by atomic mass is 9.86. The van der Waals surface area contributed by atoms with Gasteiger partial charge in [-0.2, -0.15) is 5.26 Å². The second kappa shape index (κ2) is 6.93. The minimum Gasteiger partial charge on any atom is -0.384 e. The topological polar surface area (TPSA) is 60.2 Å². The third-order valence-electron chi connectivity index (χ3n) is 3.87. The quantitative estimate of drug-likeness (QED) is 0.834. The van der Waals surface area contributed by atoms with Crippen molar-refractivity contribution in [3.63, 3.8) is 0 Å². The molecule has 4 heteroatoms. The van der Waals surface area contributed by atoms with Crippen molar-refractivity contribution in [2.75, 3.05) is 18.6 Å². The highest BCUT2D eigenvalue weighted by Gasteiger charge is 2.23. The minimum absolute atomic E-state index is 0.0466. The third kappa shape index (κ3) is 3.50. The molecular weight excluding hydrogens is 250 g/mol. The summed E-state index contributed by atoms with van der Waals surface area (Å²) in [7, 11) is 2.05. The highest BCUT2D eigenvalue weighted by Crippen LogP contribution is 2.28. The van der Waals surface area contributed by atoms with Crippen LogP contribution in [0.25, 0.3) is 0 Å². The monoisotopic (exact) mass is 269 g/mol. The Morgan fingerprint density at radius 3 is 2.65 bits per heavy atom. The predicted octanol–water partition coefficient (Wildman–Crippen LogP) is 1.94. The normalized spacial score (nSPS) is 21.4. The van der Waals surface area contributed by atoms with Gasteiger partial charge in [0.2, 0.25) is 0 Å². The molecule has 0 amide bonds. The lowest BCUT2D eigenvalue weighted by molar-refractivity contribution is 0.348. The second-order valence-corrected chi connectivity index (χ2v) is 5.11. The van der Waals surface area contributed by atoms with Crippen LogP contribution in [0.2, 0.25) is 0 Å². The Morgan fingerprint density at radius 2 is 2.10 bits per heavy atom. The number of nitriles is 1. The van der Waals surface area contributed by atoms with Gasteiger partial charge in [-0.3, -0.25) is 0 Å². The van der Waals surface area contributed by atoms with Gasteiger partial charge in [0.25, 0.3) is 0 Å². The van der Waals surface area contributed by atoms with Crippen molar-refractivity contribution in [3.05, 3.63) is 23.9 Å². The SMILES string of the molecule is CN(c1ccc(C#N)cn1)C1CCC(C#CCO)CC1. The van der Waals surface area contributed by atoms with Crippen molar-refractivity contribution in [2.24, 2.45) is 5.92 Å². The van der Waals surface area contributed by atoms with Crippen LogP contribution in [0.1, 0.15) is 31.2 Å². The Morgan fingerprint density at radius 1 is 1.35 bits per heavy atom. The summed E-state index contributed by atoms with van der Waals surface area (Å²) in [4.78, 5) is 6.53. The van der Waals surface area contributed by atoms with E-state index >= 15 is 0 Å². The van der Waals surface area contributed by atoms with E-state index in [2.05, 4.69) is 34.8 Å². The van der Waals surface area contributed by atoms with Crippen LogP contribution in [-0.2, 0) is 0 Å². The summed E-state index contributed by atoms with van der Waals surface area (Å²) < 4.78 is 0. The Balaban J connectivity index is 1.94. The molecule has 0 unspecified atom stereocenters. The first-order valence-corrected chi connectivity index (χ1v) is 6.93. The van der Waals surface area contributed by atoms with E-state index in [1.54, 1.807) is 12.3 Å². The molecular formula is C16H19N3O. The van der Waals surface area contributed by atoms with Gasteiger partial charge in [-0.1, -0.05) is 11.8 Å². The molecule has 1 saturated carbocycles. The zero-order valence-corrected chi connectivity index (χ0v) is 11.7. The van der Waals surface area contributed by atoms with Crippen LogP contribution in [-0.4, -0.2) is 29.8 Å². The Kier molecular flexibility index (Phi) is 4.98. The van der Waals surface area contributed by atoms with Gasteiger partial charge in [0.1, 0.15) is 18.5 Å². The Labute approximate surface area is 120 Å². The molecule has 1 heterocycles. The molecule has 0 saturated heterocycles. The Hall–Kier alpha value is -2.04. The smallest absolute Gasteiger partial charge is 0.128 e. The number of rotatable bonds is 2. The van der Waals surface area contributed by atoms with E-state index in [0.717, 1.165) is 31.5 Å². The number of hydrogen-bond donors (Lipinski definition) is 1. The van der Waals surface area contributed by atoms with E-state index in [0.29, 0.717) is 17.5 Å². The molecule has 4 nitrogen and oxygen atoms in total. The van der Waals surface area contributed by atoms with Crippen LogP contribution < -0.4 is 4.90 Å². The van der Waals surface area contributed by atoms with Gasteiger partial charge in [-0.25, -0.2) is 4.98 Å². The minimum atomic E-state index is -0.0466. The predicted molar refractivity (Wildman–Crippen MR) is 78.0 cm³/mol. The van der Waals surface area contributed by atoms with Gasteiger partial charge in [0.05, 0.1) is 5.56 Å². The maximum Gasteiger partial charge on any atom is 0.128 e. The van der Waals surface area contributed by atoms with Crippen molar-refractivity contribution in [2.45, 2.75) is 31.7 Å². The summed E-state index contributed by atoms with van der Waals surface area (Å²) in [6.45, 7) is -0.0466. The molecule has 20 heavy (non-hydrogen) atoms. The van der Waals surface area contributed by atoms with Gasteiger partial charge >= 0.3 is 0 Å². The van der Waals surface area contributed by atoms with Crippen molar-refractivity contribution in [1.82, 2.24) is 4.98 Å². The van der Waals surface area contributed by atoms with Crippen LogP contribution >= 0.6 is 0 Å². The molecule has 1 aliphatic carbocycles. The molecule has 1 aromatic rings. The number of anilines is 1. The summed E-state index contributed by atoms with van der Waals surface area (Å²) in [6.07, 6.45) is 5.92. The lowest BCUT2D eigenvalue weighted by Crippen LogP contribution is -2.35. The molecule has 104 valence electrons. The molecule has 2 rings (SSSR count). The third-order valence-corrected chi connectivity index (χ3v) is 3.87. The maximum atomic E-state index is 8.78. The van der Waals surface area contributed by atoms with Crippen LogP contribution in [0.3, 0.4) is 0 Å². The molecule has 0 aliphatic heterocycles. The first kappa shape index (κ1) is 14.4. The summed E-state index contributed by atoms with van der Waals surface area (Å²) in [5, 5.41) is 17.5. The summed E-state index contributed by atoms with van der Waals surface area (Å²) in [6, 6.07) is 6.26. The highest BCUT2D eigenvalue weighted by atomic mass is 16.2. The summed E-state index contributed by atoms with van der Waals surface area (Å²) in [5.41, 5.74) is 0.588. The fourth-order valence-electron chi connectivity index (χ4n) is 2.65. The van der Waals surface area contributed by atoms with Crippen LogP contribution in [0.4, 0.5) is 5.82 Å².